The van der Waals surface area contributed by atoms with E-state index in [0.29, 0.717) is 16.9 Å². The molecule has 23 heavy (non-hydrogen) atoms. The minimum atomic E-state index is 0.473. The van der Waals surface area contributed by atoms with Crippen molar-refractivity contribution in [3.63, 3.8) is 0 Å². The number of rotatable bonds is 6. The fraction of sp³-hybridized carbons (Fsp3) is 0.389. The number of benzene rings is 1. The van der Waals surface area contributed by atoms with Gasteiger partial charge in [-0.05, 0) is 60.7 Å². The van der Waals surface area contributed by atoms with Gasteiger partial charge in [0.15, 0.2) is 5.11 Å². The molecule has 0 fully saturated rings. The predicted molar refractivity (Wildman–Crippen MR) is 104 cm³/mol. The van der Waals surface area contributed by atoms with Crippen LogP contribution in [-0.2, 0) is 6.42 Å². The fourth-order valence-corrected chi connectivity index (χ4v) is 3.17. The van der Waals surface area contributed by atoms with Gasteiger partial charge in [-0.1, -0.05) is 54.4 Å². The Morgan fingerprint density at radius 1 is 1.13 bits per heavy atom. The van der Waals surface area contributed by atoms with Crippen LogP contribution in [0, 0.1) is 11.8 Å². The molecular weight excluding hydrogens is 347 g/mol. The summed E-state index contributed by atoms with van der Waals surface area (Å²) in [6, 6.07) is 7.89. The summed E-state index contributed by atoms with van der Waals surface area (Å²) in [5.41, 5.74) is 1.24. The fourth-order valence-electron chi connectivity index (χ4n) is 2.57. The van der Waals surface area contributed by atoms with Gasteiger partial charge in [0.05, 0.1) is 0 Å². The molecule has 0 bridgehead atoms. The second-order valence-electron chi connectivity index (χ2n) is 5.78. The van der Waals surface area contributed by atoms with Crippen molar-refractivity contribution in [3.8, 4) is 0 Å². The maximum atomic E-state index is 6.00. The van der Waals surface area contributed by atoms with Gasteiger partial charge in [-0.2, -0.15) is 0 Å². The van der Waals surface area contributed by atoms with Crippen LogP contribution >= 0.6 is 35.4 Å². The van der Waals surface area contributed by atoms with Gasteiger partial charge < -0.3 is 10.6 Å². The Hall–Kier alpha value is -1.03. The molecule has 2 unspecified atom stereocenters. The van der Waals surface area contributed by atoms with Gasteiger partial charge in [0.25, 0.3) is 0 Å². The van der Waals surface area contributed by atoms with Crippen molar-refractivity contribution in [2.45, 2.75) is 19.8 Å². The molecular formula is C18H22Cl2N2S. The van der Waals surface area contributed by atoms with Crippen LogP contribution in [0.2, 0.25) is 5.02 Å². The summed E-state index contributed by atoms with van der Waals surface area (Å²) in [6.45, 7) is 3.86. The van der Waals surface area contributed by atoms with Crippen LogP contribution in [0.3, 0.4) is 0 Å². The van der Waals surface area contributed by atoms with Crippen molar-refractivity contribution in [1.82, 2.24) is 10.6 Å². The van der Waals surface area contributed by atoms with E-state index in [1.165, 1.54) is 5.56 Å². The highest BCUT2D eigenvalue weighted by Gasteiger charge is 2.15. The van der Waals surface area contributed by atoms with Gasteiger partial charge >= 0.3 is 0 Å². The Morgan fingerprint density at radius 2 is 1.83 bits per heavy atom. The molecule has 1 aromatic carbocycles. The molecule has 0 amide bonds. The van der Waals surface area contributed by atoms with E-state index < -0.39 is 0 Å². The van der Waals surface area contributed by atoms with Gasteiger partial charge in [-0.25, -0.2) is 0 Å². The van der Waals surface area contributed by atoms with E-state index in [1.54, 1.807) is 0 Å². The Labute approximate surface area is 153 Å². The second kappa shape index (κ2) is 9.31. The Balaban J connectivity index is 1.60. The Morgan fingerprint density at radius 3 is 2.52 bits per heavy atom. The summed E-state index contributed by atoms with van der Waals surface area (Å²) < 4.78 is 0. The molecule has 0 saturated heterocycles. The van der Waals surface area contributed by atoms with E-state index >= 15 is 0 Å². The maximum Gasteiger partial charge on any atom is 0.166 e. The molecule has 124 valence electrons. The molecule has 0 saturated carbocycles. The highest BCUT2D eigenvalue weighted by atomic mass is 35.5. The van der Waals surface area contributed by atoms with Crippen LogP contribution in [0.1, 0.15) is 18.9 Å². The van der Waals surface area contributed by atoms with Crippen LogP contribution < -0.4 is 10.6 Å². The zero-order valence-electron chi connectivity index (χ0n) is 13.2. The molecule has 2 N–H and O–H groups in total. The van der Waals surface area contributed by atoms with E-state index in [0.717, 1.165) is 36.0 Å². The lowest BCUT2D eigenvalue weighted by atomic mass is 9.87. The summed E-state index contributed by atoms with van der Waals surface area (Å²) >= 11 is 17.2. The lowest BCUT2D eigenvalue weighted by Gasteiger charge is -2.22. The summed E-state index contributed by atoms with van der Waals surface area (Å²) in [6.07, 6.45) is 8.23. The van der Waals surface area contributed by atoms with Gasteiger partial charge in [-0.15, -0.1) is 0 Å². The van der Waals surface area contributed by atoms with Crippen molar-refractivity contribution in [1.29, 1.82) is 0 Å². The summed E-state index contributed by atoms with van der Waals surface area (Å²) in [4.78, 5) is 0. The third-order valence-corrected chi connectivity index (χ3v) is 4.77. The van der Waals surface area contributed by atoms with Crippen LogP contribution in [-0.4, -0.2) is 18.2 Å². The first-order chi connectivity index (χ1) is 11.0. The van der Waals surface area contributed by atoms with E-state index in [9.17, 15) is 0 Å². The standard InChI is InChI=1S/C18H22Cl2N2S/c1-13-12-17(20)7-4-15(13)9-11-22-18(23)21-10-8-14-2-5-16(19)6-3-14/h2-7,12-13,15H,8-11H2,1H3,(H2,21,22,23). The highest BCUT2D eigenvalue weighted by molar-refractivity contribution is 7.80. The summed E-state index contributed by atoms with van der Waals surface area (Å²) in [5.74, 6) is 0.989. The smallest absolute Gasteiger partial charge is 0.166 e. The maximum absolute atomic E-state index is 6.00. The monoisotopic (exact) mass is 368 g/mol. The first-order valence-electron chi connectivity index (χ1n) is 7.86. The van der Waals surface area contributed by atoms with Crippen molar-refractivity contribution >= 4 is 40.5 Å². The van der Waals surface area contributed by atoms with Crippen LogP contribution in [0.15, 0.2) is 47.5 Å². The van der Waals surface area contributed by atoms with Crippen LogP contribution in [0.4, 0.5) is 0 Å². The average molecular weight is 369 g/mol. The SMILES string of the molecule is CC1C=C(Cl)C=CC1CCNC(=S)NCCc1ccc(Cl)cc1. The predicted octanol–water partition coefficient (Wildman–Crippen LogP) is 4.68. The van der Waals surface area contributed by atoms with Gasteiger partial charge in [0.1, 0.15) is 0 Å². The number of halogens is 2. The molecule has 1 aliphatic rings. The first-order valence-corrected chi connectivity index (χ1v) is 9.02. The second-order valence-corrected chi connectivity index (χ2v) is 7.06. The molecule has 5 heteroatoms. The largest absolute Gasteiger partial charge is 0.363 e. The van der Waals surface area contributed by atoms with E-state index in [1.807, 2.05) is 30.3 Å². The number of allylic oxidation sites excluding steroid dienone is 4. The molecule has 0 spiro atoms. The summed E-state index contributed by atoms with van der Waals surface area (Å²) in [7, 11) is 0. The zero-order chi connectivity index (χ0) is 16.7. The first kappa shape index (κ1) is 18.3. The number of nitrogens with one attached hydrogen (secondary N) is 2. The third-order valence-electron chi connectivity index (χ3n) is 3.98. The van der Waals surface area contributed by atoms with E-state index in [4.69, 9.17) is 35.4 Å². The molecule has 2 nitrogen and oxygen atoms in total. The van der Waals surface area contributed by atoms with Crippen LogP contribution in [0.5, 0.6) is 0 Å². The molecule has 0 aliphatic heterocycles. The van der Waals surface area contributed by atoms with Gasteiger partial charge in [-0.3, -0.25) is 0 Å². The number of thiocarbonyl (C=S) groups is 1. The molecule has 0 radical (unpaired) electrons. The molecule has 2 atom stereocenters. The van der Waals surface area contributed by atoms with Gasteiger partial charge in [0, 0.05) is 23.1 Å². The third kappa shape index (κ3) is 6.54. The Kier molecular flexibility index (Phi) is 7.41. The molecule has 0 aromatic heterocycles. The van der Waals surface area contributed by atoms with Crippen molar-refractivity contribution < 1.29 is 0 Å². The van der Waals surface area contributed by atoms with Crippen molar-refractivity contribution in [2.24, 2.45) is 11.8 Å². The molecule has 0 heterocycles. The lowest BCUT2D eigenvalue weighted by molar-refractivity contribution is 0.468. The number of hydrogen-bond donors (Lipinski definition) is 2. The lowest BCUT2D eigenvalue weighted by Crippen LogP contribution is -2.37. The minimum absolute atomic E-state index is 0.473. The van der Waals surface area contributed by atoms with Crippen molar-refractivity contribution in [3.05, 3.63) is 58.1 Å². The molecule has 2 rings (SSSR count). The summed E-state index contributed by atoms with van der Waals surface area (Å²) in [5, 5.41) is 8.81. The Bertz CT molecular complexity index is 581. The molecule has 1 aliphatic carbocycles. The quantitative estimate of drug-likeness (QED) is 0.712. The number of hydrogen-bond acceptors (Lipinski definition) is 1. The topological polar surface area (TPSA) is 24.1 Å². The van der Waals surface area contributed by atoms with E-state index in [2.05, 4.69) is 29.7 Å². The van der Waals surface area contributed by atoms with Crippen molar-refractivity contribution in [2.75, 3.05) is 13.1 Å². The van der Waals surface area contributed by atoms with Crippen LogP contribution in [0.25, 0.3) is 0 Å². The van der Waals surface area contributed by atoms with E-state index in [-0.39, 0.29) is 0 Å². The minimum Gasteiger partial charge on any atom is -0.363 e. The average Bonchev–Trinajstić information content (AvgIpc) is 2.51. The molecule has 1 aromatic rings. The zero-order valence-corrected chi connectivity index (χ0v) is 15.5. The van der Waals surface area contributed by atoms with Gasteiger partial charge in [0.2, 0.25) is 0 Å². The normalized spacial score (nSPS) is 20.0. The highest BCUT2D eigenvalue weighted by Crippen LogP contribution is 2.26.